The fourth-order valence-corrected chi connectivity index (χ4v) is 2.49. The Hall–Kier alpha value is -1.87. The van der Waals surface area contributed by atoms with Crippen LogP contribution in [0.1, 0.15) is 13.8 Å². The Morgan fingerprint density at radius 2 is 1.72 bits per heavy atom. The van der Waals surface area contributed by atoms with Crippen LogP contribution in [0.5, 0.6) is 0 Å². The number of hydrogen-bond acceptors (Lipinski definition) is 3. The third-order valence-electron chi connectivity index (χ3n) is 2.58. The molecule has 0 spiro atoms. The third kappa shape index (κ3) is 2.36. The molecule has 1 heterocycles. The average Bonchev–Trinajstić information content (AvgIpc) is 2.90. The summed E-state index contributed by atoms with van der Waals surface area (Å²) in [6, 6.07) is 14.1. The topological polar surface area (TPSA) is 38.9 Å². The van der Waals surface area contributed by atoms with Crippen LogP contribution in [-0.4, -0.2) is 4.98 Å². The highest BCUT2D eigenvalue weighted by Gasteiger charge is 2.05. The van der Waals surface area contributed by atoms with Crippen LogP contribution in [0.15, 0.2) is 48.0 Å². The molecule has 0 bridgehead atoms. The number of benzene rings is 2. The SMILES string of the molecule is CC.Nc1ccc(-c2cccc3scnc23)cc1. The number of nitrogen functional groups attached to an aromatic ring is 1. The van der Waals surface area contributed by atoms with Gasteiger partial charge in [-0.3, -0.25) is 0 Å². The molecule has 0 radical (unpaired) electrons. The number of fused-ring (bicyclic) bond motifs is 1. The molecule has 0 aliphatic rings. The van der Waals surface area contributed by atoms with Gasteiger partial charge in [-0.05, 0) is 23.8 Å². The van der Waals surface area contributed by atoms with Crippen molar-refractivity contribution in [2.75, 3.05) is 5.73 Å². The number of nitrogens with two attached hydrogens (primary N) is 1. The molecule has 0 unspecified atom stereocenters. The summed E-state index contributed by atoms with van der Waals surface area (Å²) in [6.07, 6.45) is 0. The predicted octanol–water partition coefficient (Wildman–Crippen LogP) is 4.57. The van der Waals surface area contributed by atoms with Gasteiger partial charge in [-0.1, -0.05) is 38.1 Å². The molecular formula is C15H16N2S. The maximum atomic E-state index is 5.68. The third-order valence-corrected chi connectivity index (χ3v) is 3.38. The van der Waals surface area contributed by atoms with E-state index in [1.807, 2.05) is 43.6 Å². The Kier molecular flexibility index (Phi) is 3.95. The smallest absolute Gasteiger partial charge is 0.0890 e. The van der Waals surface area contributed by atoms with E-state index in [2.05, 4.69) is 23.2 Å². The molecule has 0 aliphatic heterocycles. The number of aromatic nitrogens is 1. The van der Waals surface area contributed by atoms with Gasteiger partial charge in [0, 0.05) is 11.3 Å². The highest BCUT2D eigenvalue weighted by molar-refractivity contribution is 7.16. The summed E-state index contributed by atoms with van der Waals surface area (Å²) >= 11 is 1.66. The first-order chi connectivity index (χ1) is 8.84. The van der Waals surface area contributed by atoms with Gasteiger partial charge in [0.15, 0.2) is 0 Å². The van der Waals surface area contributed by atoms with Gasteiger partial charge in [0.05, 0.1) is 15.7 Å². The summed E-state index contributed by atoms with van der Waals surface area (Å²) in [5.41, 5.74) is 11.7. The summed E-state index contributed by atoms with van der Waals surface area (Å²) < 4.78 is 1.22. The average molecular weight is 256 g/mol. The Bertz CT molecular complexity index is 626. The van der Waals surface area contributed by atoms with Gasteiger partial charge in [0.2, 0.25) is 0 Å². The number of para-hydroxylation sites is 1. The van der Waals surface area contributed by atoms with E-state index in [-0.39, 0.29) is 0 Å². The summed E-state index contributed by atoms with van der Waals surface area (Å²) in [4.78, 5) is 4.40. The zero-order valence-corrected chi connectivity index (χ0v) is 11.4. The van der Waals surface area contributed by atoms with E-state index < -0.39 is 0 Å². The molecule has 0 aliphatic carbocycles. The fourth-order valence-electron chi connectivity index (χ4n) is 1.78. The molecule has 2 N–H and O–H groups in total. The predicted molar refractivity (Wildman–Crippen MR) is 80.8 cm³/mol. The normalized spacial score (nSPS) is 9.89. The minimum Gasteiger partial charge on any atom is -0.399 e. The largest absolute Gasteiger partial charge is 0.399 e. The van der Waals surface area contributed by atoms with Crippen LogP contribution in [-0.2, 0) is 0 Å². The first-order valence-electron chi connectivity index (χ1n) is 6.03. The number of anilines is 1. The van der Waals surface area contributed by atoms with Crippen molar-refractivity contribution >= 4 is 27.2 Å². The summed E-state index contributed by atoms with van der Waals surface area (Å²) in [5, 5.41) is 0. The van der Waals surface area contributed by atoms with Gasteiger partial charge < -0.3 is 5.73 Å². The molecule has 3 heteroatoms. The molecule has 3 aromatic rings. The van der Waals surface area contributed by atoms with Crippen LogP contribution in [0.2, 0.25) is 0 Å². The summed E-state index contributed by atoms with van der Waals surface area (Å²) in [6.45, 7) is 4.00. The molecule has 18 heavy (non-hydrogen) atoms. The minimum absolute atomic E-state index is 0.786. The van der Waals surface area contributed by atoms with Crippen LogP contribution in [0, 0.1) is 0 Å². The number of thiazole rings is 1. The second-order valence-electron chi connectivity index (χ2n) is 3.63. The van der Waals surface area contributed by atoms with E-state index in [1.165, 1.54) is 10.3 Å². The van der Waals surface area contributed by atoms with Crippen molar-refractivity contribution < 1.29 is 0 Å². The first kappa shape index (κ1) is 12.6. The fraction of sp³-hybridized carbons (Fsp3) is 0.133. The molecule has 0 fully saturated rings. The lowest BCUT2D eigenvalue weighted by molar-refractivity contribution is 1.49. The number of rotatable bonds is 1. The highest BCUT2D eigenvalue weighted by Crippen LogP contribution is 2.29. The van der Waals surface area contributed by atoms with Crippen molar-refractivity contribution in [1.29, 1.82) is 0 Å². The van der Waals surface area contributed by atoms with Crippen molar-refractivity contribution in [2.24, 2.45) is 0 Å². The van der Waals surface area contributed by atoms with E-state index in [0.29, 0.717) is 0 Å². The molecule has 0 atom stereocenters. The zero-order chi connectivity index (χ0) is 13.0. The molecule has 92 valence electrons. The summed E-state index contributed by atoms with van der Waals surface area (Å²) in [7, 11) is 0. The second-order valence-corrected chi connectivity index (χ2v) is 4.51. The van der Waals surface area contributed by atoms with Gasteiger partial charge in [0.1, 0.15) is 0 Å². The van der Waals surface area contributed by atoms with E-state index in [9.17, 15) is 0 Å². The standard InChI is InChI=1S/C13H10N2S.C2H6/c14-10-6-4-9(5-7-10)11-2-1-3-12-13(11)15-8-16-12;1-2/h1-8H,14H2;1-2H3. The molecule has 1 aromatic heterocycles. The van der Waals surface area contributed by atoms with E-state index in [1.54, 1.807) is 11.3 Å². The Balaban J connectivity index is 0.000000574. The van der Waals surface area contributed by atoms with Crippen molar-refractivity contribution in [3.05, 3.63) is 48.0 Å². The lowest BCUT2D eigenvalue weighted by Crippen LogP contribution is -1.84. The lowest BCUT2D eigenvalue weighted by Gasteiger charge is -2.02. The molecule has 0 amide bonds. The van der Waals surface area contributed by atoms with E-state index in [4.69, 9.17) is 5.73 Å². The maximum absolute atomic E-state index is 5.68. The van der Waals surface area contributed by atoms with Crippen molar-refractivity contribution in [3.8, 4) is 11.1 Å². The quantitative estimate of drug-likeness (QED) is 0.648. The van der Waals surface area contributed by atoms with Crippen LogP contribution >= 0.6 is 11.3 Å². The molecular weight excluding hydrogens is 240 g/mol. The number of hydrogen-bond donors (Lipinski definition) is 1. The van der Waals surface area contributed by atoms with E-state index in [0.717, 1.165) is 16.8 Å². The minimum atomic E-state index is 0.786. The van der Waals surface area contributed by atoms with Crippen molar-refractivity contribution in [3.63, 3.8) is 0 Å². The van der Waals surface area contributed by atoms with Crippen LogP contribution < -0.4 is 5.73 Å². The van der Waals surface area contributed by atoms with E-state index >= 15 is 0 Å². The Morgan fingerprint density at radius 3 is 2.44 bits per heavy atom. The van der Waals surface area contributed by atoms with Crippen LogP contribution in [0.4, 0.5) is 5.69 Å². The molecule has 3 rings (SSSR count). The molecule has 2 nitrogen and oxygen atoms in total. The lowest BCUT2D eigenvalue weighted by atomic mass is 10.0. The van der Waals surface area contributed by atoms with Gasteiger partial charge in [-0.25, -0.2) is 4.98 Å². The van der Waals surface area contributed by atoms with Crippen molar-refractivity contribution in [2.45, 2.75) is 13.8 Å². The van der Waals surface area contributed by atoms with Crippen LogP contribution in [0.3, 0.4) is 0 Å². The second kappa shape index (κ2) is 5.65. The molecule has 2 aromatic carbocycles. The Labute approximate surface area is 111 Å². The number of nitrogens with zero attached hydrogens (tertiary/aromatic N) is 1. The summed E-state index contributed by atoms with van der Waals surface area (Å²) in [5.74, 6) is 0. The van der Waals surface area contributed by atoms with Gasteiger partial charge in [-0.2, -0.15) is 0 Å². The first-order valence-corrected chi connectivity index (χ1v) is 6.91. The zero-order valence-electron chi connectivity index (χ0n) is 10.6. The van der Waals surface area contributed by atoms with Crippen molar-refractivity contribution in [1.82, 2.24) is 4.98 Å². The molecule has 0 saturated heterocycles. The van der Waals surface area contributed by atoms with Crippen LogP contribution in [0.25, 0.3) is 21.3 Å². The van der Waals surface area contributed by atoms with Gasteiger partial charge in [0.25, 0.3) is 0 Å². The highest BCUT2D eigenvalue weighted by atomic mass is 32.1. The monoisotopic (exact) mass is 256 g/mol. The molecule has 0 saturated carbocycles. The Morgan fingerprint density at radius 1 is 1.00 bits per heavy atom. The maximum Gasteiger partial charge on any atom is 0.0890 e. The van der Waals surface area contributed by atoms with Gasteiger partial charge >= 0.3 is 0 Å². The van der Waals surface area contributed by atoms with Gasteiger partial charge in [-0.15, -0.1) is 11.3 Å².